The van der Waals surface area contributed by atoms with Crippen LogP contribution >= 0.6 is 0 Å². The normalized spacial score (nSPS) is 29.7. The van der Waals surface area contributed by atoms with Crippen molar-refractivity contribution in [2.45, 2.75) is 44.1 Å². The fourth-order valence-corrected chi connectivity index (χ4v) is 3.24. The second kappa shape index (κ2) is 6.40. The van der Waals surface area contributed by atoms with E-state index in [0.29, 0.717) is 17.9 Å². The molecule has 1 saturated heterocycles. The molecule has 3 rings (SSSR count). The van der Waals surface area contributed by atoms with Gasteiger partial charge in [-0.25, -0.2) is 4.79 Å². The molecule has 1 N–H and O–H groups in total. The molecule has 1 aliphatic carbocycles. The average Bonchev–Trinajstić information content (AvgIpc) is 3.07. The Kier molecular flexibility index (Phi) is 4.42. The van der Waals surface area contributed by atoms with E-state index in [9.17, 15) is 29.1 Å². The Hall–Kier alpha value is -2.55. The summed E-state index contributed by atoms with van der Waals surface area (Å²) < 4.78 is 0. The molecule has 25 heavy (non-hydrogen) atoms. The second-order valence-corrected chi connectivity index (χ2v) is 6.56. The molecule has 0 atom stereocenters. The molecule has 2 aliphatic heterocycles. The number of rotatable bonds is 4. The zero-order chi connectivity index (χ0) is 18.2. The van der Waals surface area contributed by atoms with Crippen molar-refractivity contribution in [3.63, 3.8) is 0 Å². The van der Waals surface area contributed by atoms with Crippen molar-refractivity contribution in [2.75, 3.05) is 6.54 Å². The van der Waals surface area contributed by atoms with Gasteiger partial charge in [-0.05, 0) is 31.6 Å². The van der Waals surface area contributed by atoms with Gasteiger partial charge in [0.2, 0.25) is 0 Å². The Morgan fingerprint density at radius 2 is 1.60 bits per heavy atom. The van der Waals surface area contributed by atoms with Crippen LogP contribution < -0.4 is 0 Å². The lowest BCUT2D eigenvalue weighted by Crippen LogP contribution is -2.48. The van der Waals surface area contributed by atoms with Gasteiger partial charge in [0.25, 0.3) is 23.6 Å². The van der Waals surface area contributed by atoms with Crippen LogP contribution in [0.2, 0.25) is 0 Å². The van der Waals surface area contributed by atoms with Gasteiger partial charge in [-0.3, -0.25) is 24.1 Å². The van der Waals surface area contributed by atoms with Gasteiger partial charge < -0.3 is 9.94 Å². The fraction of sp³-hybridized carbons (Fsp3) is 0.562. The van der Waals surface area contributed by atoms with Crippen LogP contribution in [0.15, 0.2) is 12.2 Å². The number of hydrogen-bond donors (Lipinski definition) is 1. The minimum atomic E-state index is -1.78. The molecule has 0 radical (unpaired) electrons. The van der Waals surface area contributed by atoms with Crippen LogP contribution in [0.1, 0.15) is 38.5 Å². The van der Waals surface area contributed by atoms with Crippen molar-refractivity contribution >= 4 is 29.6 Å². The Bertz CT molecular complexity index is 642. The third kappa shape index (κ3) is 3.32. The fourth-order valence-electron chi connectivity index (χ4n) is 3.24. The summed E-state index contributed by atoms with van der Waals surface area (Å²) in [6.07, 6.45) is 3.34. The van der Waals surface area contributed by atoms with E-state index in [1.165, 1.54) is 12.2 Å². The Labute approximate surface area is 143 Å². The number of carbonyl (C=O) groups excluding carboxylic acids is 5. The standard InChI is InChI=1S/C16H18N2O7/c19-11-1-2-12(20)17(11)9-10-5-7-16(24,8-6-10)15(23)25-18-13(21)3-4-14(18)22/h1-2,10,24H,3-9H2. The van der Waals surface area contributed by atoms with Gasteiger partial charge in [0, 0.05) is 31.5 Å². The third-order valence-electron chi connectivity index (χ3n) is 4.83. The van der Waals surface area contributed by atoms with E-state index in [1.807, 2.05) is 0 Å². The molecule has 0 aromatic heterocycles. The molecule has 2 fully saturated rings. The summed E-state index contributed by atoms with van der Waals surface area (Å²) in [6, 6.07) is 0. The maximum Gasteiger partial charge on any atom is 0.364 e. The summed E-state index contributed by atoms with van der Waals surface area (Å²) in [6.45, 7) is 0.235. The first-order chi connectivity index (χ1) is 11.8. The molecular formula is C16H18N2O7. The van der Waals surface area contributed by atoms with Crippen molar-refractivity contribution in [3.05, 3.63) is 12.2 Å². The first kappa shape index (κ1) is 17.3. The highest BCUT2D eigenvalue weighted by Gasteiger charge is 2.45. The van der Waals surface area contributed by atoms with Gasteiger partial charge in [0.15, 0.2) is 5.60 Å². The van der Waals surface area contributed by atoms with Crippen LogP contribution in [0, 0.1) is 5.92 Å². The number of nitrogens with zero attached hydrogens (tertiary/aromatic N) is 2. The number of aliphatic hydroxyl groups is 1. The summed E-state index contributed by atoms with van der Waals surface area (Å²) in [7, 11) is 0. The molecule has 0 aromatic carbocycles. The van der Waals surface area contributed by atoms with E-state index in [0.717, 1.165) is 4.90 Å². The first-order valence-corrected chi connectivity index (χ1v) is 8.14. The lowest BCUT2D eigenvalue weighted by molar-refractivity contribution is -0.213. The van der Waals surface area contributed by atoms with Gasteiger partial charge >= 0.3 is 5.97 Å². The lowest BCUT2D eigenvalue weighted by atomic mass is 9.78. The average molecular weight is 350 g/mol. The summed E-state index contributed by atoms with van der Waals surface area (Å²) in [4.78, 5) is 64.2. The van der Waals surface area contributed by atoms with E-state index >= 15 is 0 Å². The molecule has 4 amide bonds. The van der Waals surface area contributed by atoms with Crippen LogP contribution in [-0.2, 0) is 28.8 Å². The number of amides is 4. The zero-order valence-electron chi connectivity index (χ0n) is 13.5. The highest BCUT2D eigenvalue weighted by Crippen LogP contribution is 2.34. The van der Waals surface area contributed by atoms with Gasteiger partial charge in [0.05, 0.1) is 0 Å². The van der Waals surface area contributed by atoms with E-state index < -0.39 is 23.4 Å². The van der Waals surface area contributed by atoms with E-state index in [4.69, 9.17) is 4.84 Å². The number of hydrogen-bond acceptors (Lipinski definition) is 7. The Morgan fingerprint density at radius 3 is 2.12 bits per heavy atom. The largest absolute Gasteiger partial charge is 0.378 e. The molecule has 3 aliphatic rings. The van der Waals surface area contributed by atoms with Gasteiger partial charge in [0.1, 0.15) is 0 Å². The number of hydroxylamine groups is 2. The predicted octanol–water partition coefficient (Wildman–Crippen LogP) is -0.560. The van der Waals surface area contributed by atoms with E-state index in [-0.39, 0.29) is 50.0 Å². The molecule has 0 unspecified atom stereocenters. The van der Waals surface area contributed by atoms with Gasteiger partial charge in [-0.15, -0.1) is 5.06 Å². The van der Waals surface area contributed by atoms with Crippen LogP contribution in [-0.4, -0.2) is 56.8 Å². The quantitative estimate of drug-likeness (QED) is 0.675. The van der Waals surface area contributed by atoms with Crippen molar-refractivity contribution in [2.24, 2.45) is 5.92 Å². The molecule has 134 valence electrons. The molecule has 2 heterocycles. The Balaban J connectivity index is 1.54. The highest BCUT2D eigenvalue weighted by molar-refractivity contribution is 6.12. The predicted molar refractivity (Wildman–Crippen MR) is 79.9 cm³/mol. The van der Waals surface area contributed by atoms with Gasteiger partial charge in [-0.2, -0.15) is 0 Å². The maximum absolute atomic E-state index is 12.2. The smallest absolute Gasteiger partial charge is 0.364 e. The SMILES string of the molecule is O=C1C=CC(=O)N1CC1CCC(O)(C(=O)ON2C(=O)CCC2=O)CC1. The van der Waals surface area contributed by atoms with E-state index in [1.54, 1.807) is 0 Å². The lowest BCUT2D eigenvalue weighted by Gasteiger charge is -2.35. The molecule has 9 heteroatoms. The highest BCUT2D eigenvalue weighted by atomic mass is 16.7. The molecule has 9 nitrogen and oxygen atoms in total. The molecule has 0 aromatic rings. The number of carbonyl (C=O) groups is 5. The third-order valence-corrected chi connectivity index (χ3v) is 4.83. The van der Waals surface area contributed by atoms with Crippen molar-refractivity contribution in [3.8, 4) is 0 Å². The summed E-state index contributed by atoms with van der Waals surface area (Å²) in [5.41, 5.74) is -1.78. The summed E-state index contributed by atoms with van der Waals surface area (Å²) in [5.74, 6) is -2.99. The van der Waals surface area contributed by atoms with Crippen LogP contribution in [0.5, 0.6) is 0 Å². The molecule has 0 bridgehead atoms. The molecule has 1 saturated carbocycles. The van der Waals surface area contributed by atoms with Crippen LogP contribution in [0.3, 0.4) is 0 Å². The van der Waals surface area contributed by atoms with Crippen molar-refractivity contribution in [1.29, 1.82) is 0 Å². The monoisotopic (exact) mass is 350 g/mol. The molecule has 0 spiro atoms. The van der Waals surface area contributed by atoms with Crippen molar-refractivity contribution < 1.29 is 33.9 Å². The van der Waals surface area contributed by atoms with Crippen LogP contribution in [0.25, 0.3) is 0 Å². The topological polar surface area (TPSA) is 121 Å². The van der Waals surface area contributed by atoms with E-state index in [2.05, 4.69) is 0 Å². The summed E-state index contributed by atoms with van der Waals surface area (Å²) >= 11 is 0. The van der Waals surface area contributed by atoms with Crippen LogP contribution in [0.4, 0.5) is 0 Å². The number of imide groups is 2. The maximum atomic E-state index is 12.2. The molecular weight excluding hydrogens is 332 g/mol. The minimum Gasteiger partial charge on any atom is -0.378 e. The summed E-state index contributed by atoms with van der Waals surface area (Å²) in [5, 5.41) is 10.9. The second-order valence-electron chi connectivity index (χ2n) is 6.56. The minimum absolute atomic E-state index is 0.0153. The van der Waals surface area contributed by atoms with Crippen molar-refractivity contribution in [1.82, 2.24) is 9.96 Å². The first-order valence-electron chi connectivity index (χ1n) is 8.14. The zero-order valence-corrected chi connectivity index (χ0v) is 13.5. The van der Waals surface area contributed by atoms with Gasteiger partial charge in [-0.1, -0.05) is 0 Å². The Morgan fingerprint density at radius 1 is 1.08 bits per heavy atom.